The van der Waals surface area contributed by atoms with Crippen LogP contribution < -0.4 is 10.5 Å². The largest absolute Gasteiger partial charge is 0.472 e. The Kier molecular flexibility index (Phi) is 3.14. The molecule has 18 heavy (non-hydrogen) atoms. The van der Waals surface area contributed by atoms with E-state index in [1.165, 1.54) is 12.1 Å². The van der Waals surface area contributed by atoms with Crippen LogP contribution in [0.5, 0.6) is 5.88 Å². The molecule has 0 radical (unpaired) electrons. The van der Waals surface area contributed by atoms with Gasteiger partial charge in [-0.25, -0.2) is 0 Å². The zero-order valence-electron chi connectivity index (χ0n) is 9.16. The van der Waals surface area contributed by atoms with E-state index >= 15 is 0 Å². The summed E-state index contributed by atoms with van der Waals surface area (Å²) in [6.45, 7) is -0.00574. The number of nitrogens with one attached hydrogen (secondary N) is 1. The van der Waals surface area contributed by atoms with E-state index in [0.717, 1.165) is 12.1 Å². The van der Waals surface area contributed by atoms with Crippen LogP contribution in [0, 0.1) is 0 Å². The molecule has 3 N–H and O–H groups in total. The van der Waals surface area contributed by atoms with E-state index < -0.39 is 11.7 Å². The maximum atomic E-state index is 12.5. The van der Waals surface area contributed by atoms with Gasteiger partial charge in [-0.3, -0.25) is 5.10 Å². The molecule has 0 atom stereocenters. The second kappa shape index (κ2) is 4.59. The third kappa shape index (κ3) is 2.93. The van der Waals surface area contributed by atoms with Gasteiger partial charge in [0.1, 0.15) is 12.4 Å². The lowest BCUT2D eigenvalue weighted by Crippen LogP contribution is -2.06. The lowest BCUT2D eigenvalue weighted by Gasteiger charge is -2.08. The molecule has 1 aromatic carbocycles. The maximum Gasteiger partial charge on any atom is 0.416 e. The standard InChI is InChI=1S/C11H10F3N3O/c12-11(13,14)8-3-1-2-7(4-8)6-18-10-5-9(15)16-17-10/h1-5H,6H2,(H3,15,16,17). The van der Waals surface area contributed by atoms with Gasteiger partial charge in [0, 0.05) is 6.07 Å². The van der Waals surface area contributed by atoms with Crippen molar-refractivity contribution in [3.05, 3.63) is 41.5 Å². The van der Waals surface area contributed by atoms with Gasteiger partial charge in [0.05, 0.1) is 5.56 Å². The van der Waals surface area contributed by atoms with Crippen molar-refractivity contribution in [1.82, 2.24) is 10.2 Å². The molecule has 4 nitrogen and oxygen atoms in total. The molecule has 0 aliphatic carbocycles. The zero-order chi connectivity index (χ0) is 13.2. The summed E-state index contributed by atoms with van der Waals surface area (Å²) < 4.78 is 42.6. The maximum absolute atomic E-state index is 12.5. The van der Waals surface area contributed by atoms with Crippen LogP contribution in [-0.2, 0) is 12.8 Å². The number of H-pyrrole nitrogens is 1. The summed E-state index contributed by atoms with van der Waals surface area (Å²) in [4.78, 5) is 0. The van der Waals surface area contributed by atoms with Crippen LogP contribution in [0.15, 0.2) is 30.3 Å². The number of benzene rings is 1. The van der Waals surface area contributed by atoms with Crippen LogP contribution >= 0.6 is 0 Å². The van der Waals surface area contributed by atoms with Crippen molar-refractivity contribution in [3.8, 4) is 5.88 Å². The third-order valence-electron chi connectivity index (χ3n) is 2.22. The lowest BCUT2D eigenvalue weighted by atomic mass is 10.1. The summed E-state index contributed by atoms with van der Waals surface area (Å²) >= 11 is 0. The monoisotopic (exact) mass is 257 g/mol. The Hall–Kier alpha value is -2.18. The zero-order valence-corrected chi connectivity index (χ0v) is 9.16. The van der Waals surface area contributed by atoms with E-state index in [0.29, 0.717) is 11.4 Å². The highest BCUT2D eigenvalue weighted by Gasteiger charge is 2.30. The highest BCUT2D eigenvalue weighted by Crippen LogP contribution is 2.29. The predicted octanol–water partition coefficient (Wildman–Crippen LogP) is 2.59. The number of aromatic amines is 1. The molecule has 96 valence electrons. The van der Waals surface area contributed by atoms with Crippen molar-refractivity contribution in [2.24, 2.45) is 0 Å². The average molecular weight is 257 g/mol. The molecular formula is C11H10F3N3O. The summed E-state index contributed by atoms with van der Waals surface area (Å²) in [5, 5.41) is 6.17. The van der Waals surface area contributed by atoms with E-state index in [1.807, 2.05) is 0 Å². The first-order valence-corrected chi connectivity index (χ1v) is 5.05. The Labute approximate surface area is 101 Å². The number of nitrogens with zero attached hydrogens (tertiary/aromatic N) is 1. The molecule has 0 fully saturated rings. The first-order chi connectivity index (χ1) is 8.45. The molecule has 7 heteroatoms. The predicted molar refractivity (Wildman–Crippen MR) is 58.8 cm³/mol. The van der Waals surface area contributed by atoms with Crippen LogP contribution in [0.2, 0.25) is 0 Å². The van der Waals surface area contributed by atoms with Gasteiger partial charge in [-0.1, -0.05) is 12.1 Å². The number of anilines is 1. The molecule has 1 heterocycles. The Morgan fingerprint density at radius 3 is 2.67 bits per heavy atom. The third-order valence-corrected chi connectivity index (χ3v) is 2.22. The molecule has 0 amide bonds. The lowest BCUT2D eigenvalue weighted by molar-refractivity contribution is -0.137. The fraction of sp³-hybridized carbons (Fsp3) is 0.182. The summed E-state index contributed by atoms with van der Waals surface area (Å²) in [6, 6.07) is 6.38. The molecule has 0 saturated carbocycles. The number of alkyl halides is 3. The van der Waals surface area contributed by atoms with Crippen molar-refractivity contribution in [2.75, 3.05) is 5.73 Å². The fourth-order valence-corrected chi connectivity index (χ4v) is 1.39. The fourth-order valence-electron chi connectivity index (χ4n) is 1.39. The van der Waals surface area contributed by atoms with Crippen molar-refractivity contribution in [2.45, 2.75) is 12.8 Å². The number of hydrogen-bond donors (Lipinski definition) is 2. The van der Waals surface area contributed by atoms with Gasteiger partial charge in [0.2, 0.25) is 5.88 Å². The summed E-state index contributed by atoms with van der Waals surface area (Å²) in [6.07, 6.45) is -4.35. The van der Waals surface area contributed by atoms with Gasteiger partial charge in [-0.2, -0.15) is 13.2 Å². The molecule has 0 unspecified atom stereocenters. The second-order valence-corrected chi connectivity index (χ2v) is 3.65. The Morgan fingerprint density at radius 2 is 2.06 bits per heavy atom. The Morgan fingerprint density at radius 1 is 1.28 bits per heavy atom. The Balaban J connectivity index is 2.06. The van der Waals surface area contributed by atoms with Gasteiger partial charge in [0.25, 0.3) is 0 Å². The van der Waals surface area contributed by atoms with E-state index in [2.05, 4.69) is 10.2 Å². The summed E-state index contributed by atoms with van der Waals surface area (Å²) in [5.41, 5.74) is 5.09. The minimum Gasteiger partial charge on any atom is -0.472 e. The van der Waals surface area contributed by atoms with E-state index in [-0.39, 0.29) is 12.5 Å². The number of nitrogen functional groups attached to an aromatic ring is 1. The number of aromatic nitrogens is 2. The number of halogens is 3. The van der Waals surface area contributed by atoms with E-state index in [9.17, 15) is 13.2 Å². The average Bonchev–Trinajstić information content (AvgIpc) is 2.72. The summed E-state index contributed by atoms with van der Waals surface area (Å²) in [7, 11) is 0. The van der Waals surface area contributed by atoms with Crippen LogP contribution in [0.25, 0.3) is 0 Å². The number of hydrogen-bond acceptors (Lipinski definition) is 3. The number of rotatable bonds is 3. The smallest absolute Gasteiger partial charge is 0.416 e. The quantitative estimate of drug-likeness (QED) is 0.888. The van der Waals surface area contributed by atoms with Gasteiger partial charge in [-0.15, -0.1) is 5.10 Å². The first-order valence-electron chi connectivity index (χ1n) is 5.05. The minimum atomic E-state index is -4.35. The van der Waals surface area contributed by atoms with Crippen molar-refractivity contribution in [1.29, 1.82) is 0 Å². The van der Waals surface area contributed by atoms with Gasteiger partial charge in [0.15, 0.2) is 0 Å². The second-order valence-electron chi connectivity index (χ2n) is 3.65. The molecule has 0 saturated heterocycles. The first kappa shape index (κ1) is 12.3. The van der Waals surface area contributed by atoms with E-state index in [1.54, 1.807) is 6.07 Å². The highest BCUT2D eigenvalue weighted by molar-refractivity contribution is 5.32. The molecule has 0 spiro atoms. The topological polar surface area (TPSA) is 63.9 Å². The Bertz CT molecular complexity index is 536. The van der Waals surface area contributed by atoms with Gasteiger partial charge < -0.3 is 10.5 Å². The van der Waals surface area contributed by atoms with Crippen molar-refractivity contribution < 1.29 is 17.9 Å². The summed E-state index contributed by atoms with van der Waals surface area (Å²) in [5.74, 6) is 0.568. The minimum absolute atomic E-state index is 0.00574. The number of nitrogens with two attached hydrogens (primary N) is 1. The molecule has 2 aromatic rings. The SMILES string of the molecule is Nc1cc(OCc2cccc(C(F)(F)F)c2)n[nH]1. The van der Waals surface area contributed by atoms with Gasteiger partial charge in [-0.05, 0) is 17.7 Å². The van der Waals surface area contributed by atoms with Crippen LogP contribution in [0.4, 0.5) is 19.0 Å². The van der Waals surface area contributed by atoms with Crippen LogP contribution in [0.1, 0.15) is 11.1 Å². The van der Waals surface area contributed by atoms with Crippen LogP contribution in [-0.4, -0.2) is 10.2 Å². The molecular weight excluding hydrogens is 247 g/mol. The van der Waals surface area contributed by atoms with Crippen molar-refractivity contribution >= 4 is 5.82 Å². The number of ether oxygens (including phenoxy) is 1. The molecule has 2 rings (SSSR count). The van der Waals surface area contributed by atoms with Crippen molar-refractivity contribution in [3.63, 3.8) is 0 Å². The molecule has 0 aliphatic heterocycles. The normalized spacial score (nSPS) is 11.5. The van der Waals surface area contributed by atoms with Crippen LogP contribution in [0.3, 0.4) is 0 Å². The molecule has 0 aliphatic rings. The molecule has 1 aromatic heterocycles. The molecule has 0 bridgehead atoms. The van der Waals surface area contributed by atoms with Gasteiger partial charge >= 0.3 is 6.18 Å². The highest BCUT2D eigenvalue weighted by atomic mass is 19.4. The van der Waals surface area contributed by atoms with E-state index in [4.69, 9.17) is 10.5 Å².